The summed E-state index contributed by atoms with van der Waals surface area (Å²) in [6.45, 7) is 4.67. The van der Waals surface area contributed by atoms with Gasteiger partial charge in [-0.3, -0.25) is 9.59 Å². The lowest BCUT2D eigenvalue weighted by atomic mass is 9.82. The van der Waals surface area contributed by atoms with Crippen molar-refractivity contribution in [3.63, 3.8) is 0 Å². The highest BCUT2D eigenvalue weighted by atomic mass is 16.2. The predicted molar refractivity (Wildman–Crippen MR) is 83.0 cm³/mol. The number of rotatable bonds is 5. The molecular formula is C17H24N2O2. The van der Waals surface area contributed by atoms with Gasteiger partial charge in [-0.1, -0.05) is 38.1 Å². The van der Waals surface area contributed by atoms with Crippen molar-refractivity contribution in [3.8, 4) is 0 Å². The Kier molecular flexibility index (Phi) is 5.37. The zero-order chi connectivity index (χ0) is 15.2. The van der Waals surface area contributed by atoms with Crippen molar-refractivity contribution in [1.82, 2.24) is 10.6 Å². The number of nitrogens with one attached hydrogen (secondary N) is 2. The van der Waals surface area contributed by atoms with Gasteiger partial charge in [-0.25, -0.2) is 0 Å². The number of hydrogen-bond donors (Lipinski definition) is 2. The minimum Gasteiger partial charge on any atom is -0.354 e. The second kappa shape index (κ2) is 7.25. The first-order valence-electron chi connectivity index (χ1n) is 7.73. The van der Waals surface area contributed by atoms with Gasteiger partial charge in [0.1, 0.15) is 0 Å². The van der Waals surface area contributed by atoms with Crippen molar-refractivity contribution >= 4 is 11.8 Å². The molecule has 2 amide bonds. The van der Waals surface area contributed by atoms with E-state index in [4.69, 9.17) is 0 Å². The number of carbonyl (C=O) groups is 2. The third kappa shape index (κ3) is 4.06. The van der Waals surface area contributed by atoms with Crippen LogP contribution in [0.5, 0.6) is 0 Å². The highest BCUT2D eigenvalue weighted by molar-refractivity contribution is 5.84. The highest BCUT2D eigenvalue weighted by Crippen LogP contribution is 2.31. The lowest BCUT2D eigenvalue weighted by Gasteiger charge is -2.24. The monoisotopic (exact) mass is 288 g/mol. The molecule has 0 saturated heterocycles. The molecule has 1 unspecified atom stereocenters. The van der Waals surface area contributed by atoms with Crippen LogP contribution in [0.3, 0.4) is 0 Å². The second-order valence-electron chi connectivity index (χ2n) is 5.88. The van der Waals surface area contributed by atoms with Gasteiger partial charge in [-0.2, -0.15) is 0 Å². The zero-order valence-corrected chi connectivity index (χ0v) is 12.8. The third-order valence-electron chi connectivity index (χ3n) is 3.93. The Bertz CT molecular complexity index is 511. The van der Waals surface area contributed by atoms with E-state index >= 15 is 0 Å². The molecule has 114 valence electrons. The summed E-state index contributed by atoms with van der Waals surface area (Å²) in [5.74, 6) is 0.0230. The van der Waals surface area contributed by atoms with E-state index in [1.165, 1.54) is 5.56 Å². The number of benzene rings is 1. The van der Waals surface area contributed by atoms with Crippen LogP contribution in [0.2, 0.25) is 0 Å². The minimum absolute atomic E-state index is 0.0206. The van der Waals surface area contributed by atoms with Crippen LogP contribution in [0.4, 0.5) is 0 Å². The fourth-order valence-corrected chi connectivity index (χ4v) is 2.73. The predicted octanol–water partition coefficient (Wildman–Crippen LogP) is 1.99. The Morgan fingerprint density at radius 2 is 1.90 bits per heavy atom. The molecule has 0 heterocycles. The molecule has 2 N–H and O–H groups in total. The molecule has 21 heavy (non-hydrogen) atoms. The van der Waals surface area contributed by atoms with E-state index < -0.39 is 0 Å². The van der Waals surface area contributed by atoms with Gasteiger partial charge >= 0.3 is 0 Å². The van der Waals surface area contributed by atoms with E-state index in [9.17, 15) is 9.59 Å². The summed E-state index contributed by atoms with van der Waals surface area (Å²) in [6.07, 6.45) is 3.02. The van der Waals surface area contributed by atoms with E-state index in [1.807, 2.05) is 26.0 Å². The fourth-order valence-electron chi connectivity index (χ4n) is 2.73. The molecule has 0 radical (unpaired) electrons. The zero-order valence-electron chi connectivity index (χ0n) is 12.8. The van der Waals surface area contributed by atoms with Crippen LogP contribution in [-0.2, 0) is 16.0 Å². The summed E-state index contributed by atoms with van der Waals surface area (Å²) in [7, 11) is 0. The average molecular weight is 288 g/mol. The molecule has 1 aliphatic rings. The Balaban J connectivity index is 1.83. The molecular weight excluding hydrogens is 264 g/mol. The normalized spacial score (nSPS) is 17.2. The fraction of sp³-hybridized carbons (Fsp3) is 0.529. The summed E-state index contributed by atoms with van der Waals surface area (Å²) >= 11 is 0. The minimum atomic E-state index is -0.0456. The number of aryl methyl sites for hydroxylation is 1. The van der Waals surface area contributed by atoms with E-state index in [2.05, 4.69) is 22.8 Å². The molecule has 2 rings (SSSR count). The van der Waals surface area contributed by atoms with Gasteiger partial charge in [0.2, 0.25) is 11.8 Å². The van der Waals surface area contributed by atoms with Crippen molar-refractivity contribution < 1.29 is 9.59 Å². The maximum Gasteiger partial charge on any atom is 0.227 e. The first-order valence-corrected chi connectivity index (χ1v) is 7.73. The van der Waals surface area contributed by atoms with Crippen molar-refractivity contribution in [1.29, 1.82) is 0 Å². The van der Waals surface area contributed by atoms with E-state index in [1.54, 1.807) is 0 Å². The smallest absolute Gasteiger partial charge is 0.227 e. The number of amides is 2. The molecule has 0 fully saturated rings. The van der Waals surface area contributed by atoms with E-state index in [0.717, 1.165) is 24.8 Å². The number of fused-ring (bicyclic) bond motifs is 1. The van der Waals surface area contributed by atoms with Crippen molar-refractivity contribution in [2.45, 2.75) is 39.0 Å². The summed E-state index contributed by atoms with van der Waals surface area (Å²) in [6, 6.07) is 8.19. The highest BCUT2D eigenvalue weighted by Gasteiger charge is 2.25. The molecule has 1 atom stereocenters. The van der Waals surface area contributed by atoms with Crippen LogP contribution >= 0.6 is 0 Å². The van der Waals surface area contributed by atoms with Crippen LogP contribution in [-0.4, -0.2) is 24.9 Å². The topological polar surface area (TPSA) is 58.2 Å². The van der Waals surface area contributed by atoms with Gasteiger partial charge in [0, 0.05) is 19.0 Å². The van der Waals surface area contributed by atoms with Crippen LogP contribution in [0.25, 0.3) is 0 Å². The number of hydrogen-bond acceptors (Lipinski definition) is 2. The molecule has 4 nitrogen and oxygen atoms in total. The Hall–Kier alpha value is -1.84. The second-order valence-corrected chi connectivity index (χ2v) is 5.88. The Labute approximate surface area is 126 Å². The van der Waals surface area contributed by atoms with Gasteiger partial charge in [0.25, 0.3) is 0 Å². The summed E-state index contributed by atoms with van der Waals surface area (Å²) in [4.78, 5) is 23.7. The molecule has 1 aliphatic carbocycles. The molecule has 0 aromatic heterocycles. The van der Waals surface area contributed by atoms with Gasteiger partial charge < -0.3 is 10.6 Å². The summed E-state index contributed by atoms with van der Waals surface area (Å²) in [5.41, 5.74) is 2.45. The van der Waals surface area contributed by atoms with E-state index in [0.29, 0.717) is 13.1 Å². The van der Waals surface area contributed by atoms with Gasteiger partial charge in [-0.15, -0.1) is 0 Å². The van der Waals surface area contributed by atoms with Gasteiger partial charge in [0.15, 0.2) is 0 Å². The molecule has 1 aromatic carbocycles. The molecule has 4 heteroatoms. The largest absolute Gasteiger partial charge is 0.354 e. The molecule has 0 saturated carbocycles. The van der Waals surface area contributed by atoms with Crippen molar-refractivity contribution in [3.05, 3.63) is 35.4 Å². The van der Waals surface area contributed by atoms with Crippen LogP contribution < -0.4 is 10.6 Å². The van der Waals surface area contributed by atoms with Gasteiger partial charge in [-0.05, 0) is 30.4 Å². The Morgan fingerprint density at radius 3 is 2.67 bits per heavy atom. The standard InChI is InChI=1S/C17H24N2O2/c1-12(2)16(20)18-10-11-19-17(21)15-9-5-7-13-6-3-4-8-14(13)15/h3-4,6,8,12,15H,5,7,9-11H2,1-2H3,(H,18,20)(H,19,21). The average Bonchev–Trinajstić information content (AvgIpc) is 2.50. The number of carbonyl (C=O) groups excluding carboxylic acids is 2. The lowest BCUT2D eigenvalue weighted by Crippen LogP contribution is -2.38. The summed E-state index contributed by atoms with van der Waals surface area (Å²) in [5, 5.41) is 5.74. The van der Waals surface area contributed by atoms with Crippen LogP contribution in [0, 0.1) is 5.92 Å². The van der Waals surface area contributed by atoms with Crippen LogP contribution in [0.1, 0.15) is 43.7 Å². The molecule has 0 bridgehead atoms. The first-order chi connectivity index (χ1) is 10.1. The SMILES string of the molecule is CC(C)C(=O)NCCNC(=O)C1CCCc2ccccc21. The summed E-state index contributed by atoms with van der Waals surface area (Å²) < 4.78 is 0. The maximum absolute atomic E-state index is 12.3. The third-order valence-corrected chi connectivity index (χ3v) is 3.93. The van der Waals surface area contributed by atoms with Crippen molar-refractivity contribution in [2.24, 2.45) is 5.92 Å². The quantitative estimate of drug-likeness (QED) is 0.814. The Morgan fingerprint density at radius 1 is 1.19 bits per heavy atom. The molecule has 0 spiro atoms. The maximum atomic E-state index is 12.3. The van der Waals surface area contributed by atoms with Gasteiger partial charge in [0.05, 0.1) is 5.92 Å². The van der Waals surface area contributed by atoms with Crippen molar-refractivity contribution in [2.75, 3.05) is 13.1 Å². The molecule has 1 aromatic rings. The van der Waals surface area contributed by atoms with E-state index in [-0.39, 0.29) is 23.7 Å². The lowest BCUT2D eigenvalue weighted by molar-refractivity contribution is -0.125. The van der Waals surface area contributed by atoms with Crippen LogP contribution in [0.15, 0.2) is 24.3 Å². The first kappa shape index (κ1) is 15.5. The molecule has 0 aliphatic heterocycles.